The van der Waals surface area contributed by atoms with Crippen molar-refractivity contribution >= 4 is 22.8 Å². The van der Waals surface area contributed by atoms with Crippen LogP contribution in [0.25, 0.3) is 28.0 Å². The van der Waals surface area contributed by atoms with Gasteiger partial charge in [-0.25, -0.2) is 13.9 Å². The number of rotatable bonds is 5. The molecule has 212 valence electrons. The van der Waals surface area contributed by atoms with E-state index < -0.39 is 11.5 Å². The van der Waals surface area contributed by atoms with Crippen molar-refractivity contribution in [3.8, 4) is 16.9 Å². The third-order valence-electron chi connectivity index (χ3n) is 7.69. The van der Waals surface area contributed by atoms with Gasteiger partial charge in [-0.2, -0.15) is 4.98 Å². The minimum absolute atomic E-state index is 0.0329. The first kappa shape index (κ1) is 27.9. The number of fused-ring (bicyclic) bond motifs is 1. The summed E-state index contributed by atoms with van der Waals surface area (Å²) in [5.41, 5.74) is 2.07. The lowest BCUT2D eigenvalue weighted by Gasteiger charge is -2.40. The average Bonchev–Trinajstić information content (AvgIpc) is 2.94. The van der Waals surface area contributed by atoms with Gasteiger partial charge < -0.3 is 15.0 Å². The van der Waals surface area contributed by atoms with Crippen molar-refractivity contribution in [2.45, 2.75) is 46.6 Å². The maximum Gasteiger partial charge on any atom is 0.442 e. The van der Waals surface area contributed by atoms with Crippen molar-refractivity contribution in [1.82, 2.24) is 19.4 Å². The summed E-state index contributed by atoms with van der Waals surface area (Å²) < 4.78 is 17.8. The van der Waals surface area contributed by atoms with Gasteiger partial charge in [0.15, 0.2) is 23.0 Å². The number of aromatic nitrogens is 4. The Hall–Kier alpha value is -4.60. The highest BCUT2D eigenvalue weighted by molar-refractivity contribution is 5.89. The molecule has 3 aromatic heterocycles. The Kier molecular flexibility index (Phi) is 7.33. The van der Waals surface area contributed by atoms with Crippen LogP contribution >= 0.6 is 0 Å². The van der Waals surface area contributed by atoms with E-state index in [0.717, 1.165) is 11.1 Å². The summed E-state index contributed by atoms with van der Waals surface area (Å²) in [6.45, 7) is 14.1. The number of hydrogen-bond acceptors (Lipinski definition) is 6. The molecule has 1 aromatic carbocycles. The lowest BCUT2D eigenvalue weighted by Crippen LogP contribution is -2.54. The van der Waals surface area contributed by atoms with E-state index in [2.05, 4.69) is 16.5 Å². The summed E-state index contributed by atoms with van der Waals surface area (Å²) in [5.74, 6) is -0.787. The number of pyridine rings is 2. The van der Waals surface area contributed by atoms with Crippen molar-refractivity contribution in [3.05, 3.63) is 93.6 Å². The van der Waals surface area contributed by atoms with Gasteiger partial charge in [0.1, 0.15) is 5.39 Å². The lowest BCUT2D eigenvalue weighted by molar-refractivity contribution is -0.569. The summed E-state index contributed by atoms with van der Waals surface area (Å²) in [4.78, 5) is 38.7. The molecule has 4 heterocycles. The molecule has 41 heavy (non-hydrogen) atoms. The van der Waals surface area contributed by atoms with E-state index >= 15 is 4.39 Å². The Balaban J connectivity index is 1.86. The quantitative estimate of drug-likeness (QED) is 0.208. The largest absolute Gasteiger partial charge is 0.710 e. The number of nitrogens with zero attached hydrogens (tertiary/aromatic N) is 6. The lowest BCUT2D eigenvalue weighted by atomic mass is 10.0. The van der Waals surface area contributed by atoms with Crippen LogP contribution in [0.4, 0.5) is 10.2 Å². The first-order valence-corrected chi connectivity index (χ1v) is 13.6. The van der Waals surface area contributed by atoms with Gasteiger partial charge in [0.25, 0.3) is 0 Å². The average molecular weight is 557 g/mol. The Bertz CT molecular complexity index is 1750. The van der Waals surface area contributed by atoms with Crippen LogP contribution in [-0.2, 0) is 4.79 Å². The van der Waals surface area contributed by atoms with Gasteiger partial charge in [-0.05, 0) is 56.0 Å². The highest BCUT2D eigenvalue weighted by Crippen LogP contribution is 2.33. The zero-order valence-corrected chi connectivity index (χ0v) is 23.9. The van der Waals surface area contributed by atoms with Crippen LogP contribution in [0.2, 0.25) is 0 Å². The van der Waals surface area contributed by atoms with Crippen LogP contribution < -0.4 is 15.3 Å². The van der Waals surface area contributed by atoms with Gasteiger partial charge in [0.05, 0.1) is 5.69 Å². The smallest absolute Gasteiger partial charge is 0.442 e. The third kappa shape index (κ3) is 4.73. The van der Waals surface area contributed by atoms with Crippen molar-refractivity contribution in [3.63, 3.8) is 0 Å². The molecule has 0 spiro atoms. The SMILES string of the molecule is C=CC(=O)N1CCN(c2nc(=O)n(-c3c(C)ccnc3C(C)C)c3c2cc(F)c(-c2ccccc2C)[n+]3[O-])[C@@H](C)C1. The van der Waals surface area contributed by atoms with Gasteiger partial charge in [-0.3, -0.25) is 9.78 Å². The highest BCUT2D eigenvalue weighted by atomic mass is 19.1. The summed E-state index contributed by atoms with van der Waals surface area (Å²) in [6.07, 6.45) is 2.93. The number of anilines is 1. The van der Waals surface area contributed by atoms with Crippen LogP contribution in [0.15, 0.2) is 60.0 Å². The van der Waals surface area contributed by atoms with Crippen LogP contribution in [0.1, 0.15) is 43.5 Å². The third-order valence-corrected chi connectivity index (χ3v) is 7.69. The van der Waals surface area contributed by atoms with Gasteiger partial charge in [0, 0.05) is 37.4 Å². The Labute approximate surface area is 237 Å². The van der Waals surface area contributed by atoms with Gasteiger partial charge in [-0.15, -0.1) is 4.57 Å². The Morgan fingerprint density at radius 3 is 2.59 bits per heavy atom. The molecule has 1 aliphatic heterocycles. The molecule has 9 nitrogen and oxygen atoms in total. The van der Waals surface area contributed by atoms with Crippen molar-refractivity contribution in [2.75, 3.05) is 24.5 Å². The molecule has 0 N–H and O–H groups in total. The molecule has 0 radical (unpaired) electrons. The van der Waals surface area contributed by atoms with Crippen LogP contribution in [0, 0.1) is 24.9 Å². The molecule has 5 rings (SSSR count). The number of aryl methyl sites for hydroxylation is 2. The highest BCUT2D eigenvalue weighted by Gasteiger charge is 2.34. The topological polar surface area (TPSA) is 98.3 Å². The first-order valence-electron chi connectivity index (χ1n) is 13.6. The standard InChI is InChI=1S/C31H33FN6O3/c1-7-25(39)35-14-15-36(21(6)17-35)29-23-16-24(32)28(22-11-9-8-10-19(22)4)38(41)30(23)37(31(40)34-29)27-20(5)12-13-33-26(27)18(2)3/h7-13,16,18,21H,1,14-15,17H2,2-6H3/t21-/m0/s1. The maximum atomic E-state index is 16.0. The summed E-state index contributed by atoms with van der Waals surface area (Å²) in [6, 6.07) is 9.85. The molecule has 0 unspecified atom stereocenters. The number of hydrogen-bond donors (Lipinski definition) is 0. The number of amides is 1. The molecule has 1 aliphatic rings. The number of carbonyl (C=O) groups excluding carboxylic acids is 1. The predicted octanol–water partition coefficient (Wildman–Crippen LogP) is 4.18. The molecule has 1 fully saturated rings. The summed E-state index contributed by atoms with van der Waals surface area (Å²) >= 11 is 0. The molecular weight excluding hydrogens is 523 g/mol. The fraction of sp³-hybridized carbons (Fsp3) is 0.323. The van der Waals surface area contributed by atoms with E-state index in [1.54, 1.807) is 42.3 Å². The maximum absolute atomic E-state index is 16.0. The summed E-state index contributed by atoms with van der Waals surface area (Å²) in [5, 5.41) is 14.5. The Morgan fingerprint density at radius 1 is 1.20 bits per heavy atom. The molecular formula is C31H33FN6O3. The van der Waals surface area contributed by atoms with E-state index in [4.69, 9.17) is 0 Å². The number of halogens is 1. The number of carbonyl (C=O) groups is 1. The molecule has 0 saturated carbocycles. The predicted molar refractivity (Wildman–Crippen MR) is 157 cm³/mol. The minimum Gasteiger partial charge on any atom is -0.710 e. The van der Waals surface area contributed by atoms with E-state index in [1.165, 1.54) is 16.7 Å². The molecule has 1 atom stereocenters. The fourth-order valence-electron chi connectivity index (χ4n) is 5.62. The first-order chi connectivity index (χ1) is 19.5. The molecule has 0 aliphatic carbocycles. The number of piperazine rings is 1. The molecule has 1 amide bonds. The van der Waals surface area contributed by atoms with Crippen LogP contribution in [-0.4, -0.2) is 51.0 Å². The normalized spacial score (nSPS) is 15.5. The van der Waals surface area contributed by atoms with Gasteiger partial charge in [-0.1, -0.05) is 44.7 Å². The van der Waals surface area contributed by atoms with Crippen molar-refractivity contribution in [1.29, 1.82) is 0 Å². The fourth-order valence-corrected chi connectivity index (χ4v) is 5.62. The van der Waals surface area contributed by atoms with E-state index in [1.807, 2.05) is 38.7 Å². The number of benzene rings is 1. The monoisotopic (exact) mass is 556 g/mol. The minimum atomic E-state index is -0.727. The molecule has 0 bridgehead atoms. The van der Waals surface area contributed by atoms with E-state index in [9.17, 15) is 14.8 Å². The van der Waals surface area contributed by atoms with Gasteiger partial charge in [0.2, 0.25) is 5.91 Å². The van der Waals surface area contributed by atoms with E-state index in [0.29, 0.717) is 41.3 Å². The zero-order chi connectivity index (χ0) is 29.6. The van der Waals surface area contributed by atoms with Crippen LogP contribution in [0.5, 0.6) is 0 Å². The van der Waals surface area contributed by atoms with Crippen LogP contribution in [0.3, 0.4) is 0 Å². The van der Waals surface area contributed by atoms with Crippen molar-refractivity contribution < 1.29 is 13.9 Å². The second-order valence-electron chi connectivity index (χ2n) is 10.8. The second kappa shape index (κ2) is 10.8. The molecule has 4 aromatic rings. The zero-order valence-electron chi connectivity index (χ0n) is 23.9. The second-order valence-corrected chi connectivity index (χ2v) is 10.8. The Morgan fingerprint density at radius 2 is 1.93 bits per heavy atom. The summed E-state index contributed by atoms with van der Waals surface area (Å²) in [7, 11) is 0. The van der Waals surface area contributed by atoms with Gasteiger partial charge >= 0.3 is 11.3 Å². The van der Waals surface area contributed by atoms with E-state index in [-0.39, 0.29) is 40.4 Å². The molecule has 10 heteroatoms. The van der Waals surface area contributed by atoms with Crippen molar-refractivity contribution in [2.24, 2.45) is 0 Å². The molecule has 1 saturated heterocycles.